The number of halogens is 1. The predicted octanol–water partition coefficient (Wildman–Crippen LogP) is 5.55. The number of carbonyl (C=O) groups is 2. The summed E-state index contributed by atoms with van der Waals surface area (Å²) in [7, 11) is 0. The minimum Gasteiger partial charge on any atom is -0.371 e. The number of amides is 2. The average molecular weight is 460 g/mol. The first-order chi connectivity index (χ1) is 16.4. The van der Waals surface area contributed by atoms with Crippen LogP contribution in [0.15, 0.2) is 66.7 Å². The van der Waals surface area contributed by atoms with E-state index in [0.29, 0.717) is 22.7 Å². The Bertz CT molecular complexity index is 1150. The number of nitrogens with zero attached hydrogens (tertiary/aromatic N) is 1. The average Bonchev–Trinajstić information content (AvgIpc) is 2.84. The topological polar surface area (TPSA) is 61.4 Å². The third-order valence-electron chi connectivity index (χ3n) is 6.30. The third-order valence-corrected chi connectivity index (χ3v) is 6.30. The zero-order valence-corrected chi connectivity index (χ0v) is 19.6. The summed E-state index contributed by atoms with van der Waals surface area (Å²) in [6.07, 6.45) is 2.14. The summed E-state index contributed by atoms with van der Waals surface area (Å²) < 4.78 is 13.2. The quantitative estimate of drug-likeness (QED) is 0.508. The van der Waals surface area contributed by atoms with Gasteiger partial charge in [0.15, 0.2) is 0 Å². The summed E-state index contributed by atoms with van der Waals surface area (Å²) in [5.41, 5.74) is 4.38. The molecule has 0 radical (unpaired) electrons. The molecule has 1 aliphatic heterocycles. The Kier molecular flexibility index (Phi) is 7.26. The van der Waals surface area contributed by atoms with Crippen LogP contribution in [0, 0.1) is 18.7 Å². The molecule has 4 rings (SSSR count). The van der Waals surface area contributed by atoms with E-state index in [1.807, 2.05) is 31.2 Å². The molecule has 3 aromatic carbocycles. The number of carbonyl (C=O) groups excluding carboxylic acids is 2. The summed E-state index contributed by atoms with van der Waals surface area (Å²) in [5.74, 6) is -0.101. The monoisotopic (exact) mass is 459 g/mol. The second-order valence-corrected chi connectivity index (χ2v) is 9.03. The van der Waals surface area contributed by atoms with Crippen molar-refractivity contribution in [2.24, 2.45) is 5.92 Å². The van der Waals surface area contributed by atoms with Crippen molar-refractivity contribution < 1.29 is 14.0 Å². The van der Waals surface area contributed by atoms with Crippen molar-refractivity contribution in [3.63, 3.8) is 0 Å². The summed E-state index contributed by atoms with van der Waals surface area (Å²) in [5, 5.41) is 5.85. The summed E-state index contributed by atoms with van der Waals surface area (Å²) >= 11 is 0. The molecule has 0 atom stereocenters. The van der Waals surface area contributed by atoms with Crippen LogP contribution in [0.3, 0.4) is 0 Å². The molecule has 1 heterocycles. The van der Waals surface area contributed by atoms with Gasteiger partial charge in [-0.1, -0.05) is 36.8 Å². The molecular formula is C28H30FN3O2. The Hall–Kier alpha value is -3.67. The number of benzene rings is 3. The van der Waals surface area contributed by atoms with Gasteiger partial charge in [0, 0.05) is 36.6 Å². The van der Waals surface area contributed by atoms with E-state index in [0.717, 1.165) is 42.7 Å². The van der Waals surface area contributed by atoms with Gasteiger partial charge in [0.1, 0.15) is 5.82 Å². The largest absolute Gasteiger partial charge is 0.371 e. The van der Waals surface area contributed by atoms with E-state index in [1.165, 1.54) is 12.1 Å². The summed E-state index contributed by atoms with van der Waals surface area (Å²) in [4.78, 5) is 28.2. The molecule has 5 nitrogen and oxygen atoms in total. The molecule has 1 fully saturated rings. The molecule has 0 saturated carbocycles. The zero-order chi connectivity index (χ0) is 24.1. The van der Waals surface area contributed by atoms with E-state index < -0.39 is 0 Å². The molecular weight excluding hydrogens is 429 g/mol. The highest BCUT2D eigenvalue weighted by molar-refractivity contribution is 6.06. The fourth-order valence-electron chi connectivity index (χ4n) is 4.11. The first-order valence-electron chi connectivity index (χ1n) is 11.7. The molecule has 3 aromatic rings. The Balaban J connectivity index is 1.56. The Morgan fingerprint density at radius 1 is 0.941 bits per heavy atom. The Morgan fingerprint density at radius 3 is 2.29 bits per heavy atom. The molecule has 1 saturated heterocycles. The van der Waals surface area contributed by atoms with Crippen LogP contribution in [0.4, 0.5) is 15.8 Å². The highest BCUT2D eigenvalue weighted by atomic mass is 19.1. The fraction of sp³-hybridized carbons (Fsp3) is 0.286. The predicted molar refractivity (Wildman–Crippen MR) is 134 cm³/mol. The van der Waals surface area contributed by atoms with Crippen LogP contribution in [0.2, 0.25) is 0 Å². The lowest BCUT2D eigenvalue weighted by Gasteiger charge is -2.33. The molecule has 0 spiro atoms. The van der Waals surface area contributed by atoms with Crippen molar-refractivity contribution >= 4 is 23.2 Å². The molecule has 0 unspecified atom stereocenters. The van der Waals surface area contributed by atoms with E-state index in [2.05, 4.69) is 22.5 Å². The zero-order valence-electron chi connectivity index (χ0n) is 19.6. The van der Waals surface area contributed by atoms with Gasteiger partial charge in [-0.3, -0.25) is 9.59 Å². The minimum absolute atomic E-state index is 0.225. The van der Waals surface area contributed by atoms with E-state index in [1.54, 1.807) is 30.3 Å². The third kappa shape index (κ3) is 5.81. The SMILES string of the molecule is Cc1ccc(C(=O)Nc2ccc(N3CCC(C)CC3)c(C(=O)NCc3ccc(F)cc3)c2)cc1. The van der Waals surface area contributed by atoms with Crippen LogP contribution < -0.4 is 15.5 Å². The minimum atomic E-state index is -0.311. The summed E-state index contributed by atoms with van der Waals surface area (Å²) in [6.45, 7) is 6.27. The van der Waals surface area contributed by atoms with Crippen LogP contribution in [-0.4, -0.2) is 24.9 Å². The van der Waals surface area contributed by atoms with Crippen molar-refractivity contribution in [2.75, 3.05) is 23.3 Å². The molecule has 176 valence electrons. The van der Waals surface area contributed by atoms with E-state index in [4.69, 9.17) is 0 Å². The van der Waals surface area contributed by atoms with Gasteiger partial charge >= 0.3 is 0 Å². The number of anilines is 2. The lowest BCUT2D eigenvalue weighted by atomic mass is 9.97. The number of hydrogen-bond acceptors (Lipinski definition) is 3. The Morgan fingerprint density at radius 2 is 1.62 bits per heavy atom. The van der Waals surface area contributed by atoms with Gasteiger partial charge in [-0.15, -0.1) is 0 Å². The highest BCUT2D eigenvalue weighted by Gasteiger charge is 2.22. The van der Waals surface area contributed by atoms with Gasteiger partial charge in [-0.25, -0.2) is 4.39 Å². The molecule has 0 aliphatic carbocycles. The second-order valence-electron chi connectivity index (χ2n) is 9.03. The van der Waals surface area contributed by atoms with Crippen LogP contribution >= 0.6 is 0 Å². The first kappa shape index (κ1) is 23.5. The van der Waals surface area contributed by atoms with Gasteiger partial charge in [0.25, 0.3) is 11.8 Å². The van der Waals surface area contributed by atoms with Gasteiger partial charge in [0.05, 0.1) is 5.56 Å². The smallest absolute Gasteiger partial charge is 0.255 e. The van der Waals surface area contributed by atoms with Gasteiger partial charge < -0.3 is 15.5 Å². The number of nitrogens with one attached hydrogen (secondary N) is 2. The van der Waals surface area contributed by atoms with Gasteiger partial charge in [-0.05, 0) is 73.7 Å². The molecule has 2 amide bonds. The number of piperidine rings is 1. The maximum Gasteiger partial charge on any atom is 0.255 e. The molecule has 0 bridgehead atoms. The number of rotatable bonds is 6. The number of aryl methyl sites for hydroxylation is 1. The van der Waals surface area contributed by atoms with Crippen molar-refractivity contribution in [1.82, 2.24) is 5.32 Å². The fourth-order valence-corrected chi connectivity index (χ4v) is 4.11. The molecule has 6 heteroatoms. The summed E-state index contributed by atoms with van der Waals surface area (Å²) in [6, 6.07) is 18.9. The van der Waals surface area contributed by atoms with Crippen LogP contribution in [0.5, 0.6) is 0 Å². The maximum absolute atomic E-state index is 13.2. The number of hydrogen-bond donors (Lipinski definition) is 2. The maximum atomic E-state index is 13.2. The molecule has 0 aromatic heterocycles. The van der Waals surface area contributed by atoms with Gasteiger partial charge in [-0.2, -0.15) is 0 Å². The molecule has 2 N–H and O–H groups in total. The highest BCUT2D eigenvalue weighted by Crippen LogP contribution is 2.29. The Labute approximate surface area is 200 Å². The lowest BCUT2D eigenvalue weighted by molar-refractivity contribution is 0.0950. The van der Waals surface area contributed by atoms with Gasteiger partial charge in [0.2, 0.25) is 0 Å². The van der Waals surface area contributed by atoms with Crippen molar-refractivity contribution in [3.05, 3.63) is 94.8 Å². The van der Waals surface area contributed by atoms with E-state index >= 15 is 0 Å². The second kappa shape index (κ2) is 10.5. The standard InChI is InChI=1S/C28H30FN3O2/c1-19-3-7-22(8-4-19)27(33)31-24-11-12-26(32-15-13-20(2)14-16-32)25(17-24)28(34)30-18-21-5-9-23(29)10-6-21/h3-12,17,20H,13-16,18H2,1-2H3,(H,30,34)(H,31,33). The van der Waals surface area contributed by atoms with E-state index in [-0.39, 0.29) is 24.2 Å². The van der Waals surface area contributed by atoms with Crippen molar-refractivity contribution in [3.8, 4) is 0 Å². The molecule has 1 aliphatic rings. The molecule has 34 heavy (non-hydrogen) atoms. The van der Waals surface area contributed by atoms with Crippen molar-refractivity contribution in [1.29, 1.82) is 0 Å². The van der Waals surface area contributed by atoms with Crippen LogP contribution in [0.1, 0.15) is 51.6 Å². The first-order valence-corrected chi connectivity index (χ1v) is 11.7. The lowest BCUT2D eigenvalue weighted by Crippen LogP contribution is -2.35. The van der Waals surface area contributed by atoms with Crippen LogP contribution in [-0.2, 0) is 6.54 Å². The van der Waals surface area contributed by atoms with Crippen molar-refractivity contribution in [2.45, 2.75) is 33.2 Å². The van der Waals surface area contributed by atoms with Crippen LogP contribution in [0.25, 0.3) is 0 Å². The van der Waals surface area contributed by atoms with E-state index in [9.17, 15) is 14.0 Å². The normalized spacial score (nSPS) is 14.0.